The van der Waals surface area contributed by atoms with Gasteiger partial charge in [0.15, 0.2) is 0 Å². The van der Waals surface area contributed by atoms with E-state index in [2.05, 4.69) is 16.4 Å². The summed E-state index contributed by atoms with van der Waals surface area (Å²) in [5.74, 6) is 0. The highest BCUT2D eigenvalue weighted by Gasteiger charge is 2.06. The molecule has 1 atom stereocenters. The SMILES string of the molecule is COCC(CO)NCc1ccc2ccccc2n1. The number of aromatic nitrogens is 1. The van der Waals surface area contributed by atoms with Crippen molar-refractivity contribution in [2.45, 2.75) is 12.6 Å². The molecular weight excluding hydrogens is 228 g/mol. The minimum absolute atomic E-state index is 0.0525. The lowest BCUT2D eigenvalue weighted by Gasteiger charge is -2.14. The normalized spacial score (nSPS) is 12.8. The van der Waals surface area contributed by atoms with E-state index < -0.39 is 0 Å². The summed E-state index contributed by atoms with van der Waals surface area (Å²) in [7, 11) is 1.62. The van der Waals surface area contributed by atoms with Crippen molar-refractivity contribution in [1.82, 2.24) is 10.3 Å². The molecular formula is C14H18N2O2. The average Bonchev–Trinajstić information content (AvgIpc) is 2.43. The third kappa shape index (κ3) is 3.26. The maximum Gasteiger partial charge on any atom is 0.0705 e. The van der Waals surface area contributed by atoms with Gasteiger partial charge in [0.25, 0.3) is 0 Å². The molecule has 0 bridgehead atoms. The van der Waals surface area contributed by atoms with Crippen LogP contribution in [0.4, 0.5) is 0 Å². The van der Waals surface area contributed by atoms with Crippen LogP contribution in [0.15, 0.2) is 36.4 Å². The molecule has 0 amide bonds. The number of aliphatic hydroxyl groups is 1. The number of rotatable bonds is 6. The number of nitrogens with one attached hydrogen (secondary N) is 1. The van der Waals surface area contributed by atoms with Crippen LogP contribution >= 0.6 is 0 Å². The molecule has 0 fully saturated rings. The molecule has 2 N–H and O–H groups in total. The number of aliphatic hydroxyl groups excluding tert-OH is 1. The maximum absolute atomic E-state index is 9.14. The first-order valence-corrected chi connectivity index (χ1v) is 6.01. The Balaban J connectivity index is 2.03. The minimum atomic E-state index is -0.0525. The Hall–Kier alpha value is -1.49. The van der Waals surface area contributed by atoms with E-state index in [0.29, 0.717) is 13.2 Å². The van der Waals surface area contributed by atoms with Gasteiger partial charge in [-0.2, -0.15) is 0 Å². The average molecular weight is 246 g/mol. The highest BCUT2D eigenvalue weighted by molar-refractivity contribution is 5.78. The lowest BCUT2D eigenvalue weighted by Crippen LogP contribution is -2.36. The molecule has 2 rings (SSSR count). The van der Waals surface area contributed by atoms with Gasteiger partial charge in [0.2, 0.25) is 0 Å². The van der Waals surface area contributed by atoms with Crippen LogP contribution in [-0.2, 0) is 11.3 Å². The summed E-state index contributed by atoms with van der Waals surface area (Å²) in [6.45, 7) is 1.17. The van der Waals surface area contributed by atoms with Crippen LogP contribution in [0.3, 0.4) is 0 Å². The Morgan fingerprint density at radius 3 is 2.89 bits per heavy atom. The van der Waals surface area contributed by atoms with E-state index >= 15 is 0 Å². The molecule has 0 aliphatic rings. The number of benzene rings is 1. The predicted molar refractivity (Wildman–Crippen MR) is 71.3 cm³/mol. The largest absolute Gasteiger partial charge is 0.395 e. The van der Waals surface area contributed by atoms with Gasteiger partial charge in [-0.3, -0.25) is 4.98 Å². The maximum atomic E-state index is 9.14. The van der Waals surface area contributed by atoms with E-state index in [1.807, 2.05) is 30.3 Å². The first kappa shape index (κ1) is 13.0. The van der Waals surface area contributed by atoms with Crippen molar-refractivity contribution in [3.8, 4) is 0 Å². The van der Waals surface area contributed by atoms with Gasteiger partial charge in [-0.25, -0.2) is 0 Å². The number of nitrogens with zero attached hydrogens (tertiary/aromatic N) is 1. The van der Waals surface area contributed by atoms with Crippen molar-refractivity contribution < 1.29 is 9.84 Å². The summed E-state index contributed by atoms with van der Waals surface area (Å²) in [5, 5.41) is 13.5. The van der Waals surface area contributed by atoms with Gasteiger partial charge >= 0.3 is 0 Å². The van der Waals surface area contributed by atoms with Crippen LogP contribution in [0.5, 0.6) is 0 Å². The molecule has 2 aromatic rings. The monoisotopic (exact) mass is 246 g/mol. The van der Waals surface area contributed by atoms with Gasteiger partial charge in [0, 0.05) is 19.0 Å². The van der Waals surface area contributed by atoms with Crippen LogP contribution < -0.4 is 5.32 Å². The molecule has 1 heterocycles. The second-order valence-electron chi connectivity index (χ2n) is 4.21. The molecule has 4 nitrogen and oxygen atoms in total. The van der Waals surface area contributed by atoms with Gasteiger partial charge in [-0.05, 0) is 12.1 Å². The predicted octanol–water partition coefficient (Wildman–Crippen LogP) is 1.33. The van der Waals surface area contributed by atoms with E-state index in [4.69, 9.17) is 9.84 Å². The van der Waals surface area contributed by atoms with Crippen molar-refractivity contribution in [2.75, 3.05) is 20.3 Å². The smallest absolute Gasteiger partial charge is 0.0705 e. The van der Waals surface area contributed by atoms with E-state index in [9.17, 15) is 0 Å². The molecule has 18 heavy (non-hydrogen) atoms. The zero-order valence-electron chi connectivity index (χ0n) is 10.5. The Kier molecular flexibility index (Phi) is 4.64. The number of hydrogen-bond donors (Lipinski definition) is 2. The number of para-hydroxylation sites is 1. The molecule has 1 unspecified atom stereocenters. The highest BCUT2D eigenvalue weighted by Crippen LogP contribution is 2.11. The van der Waals surface area contributed by atoms with Crippen molar-refractivity contribution in [1.29, 1.82) is 0 Å². The Morgan fingerprint density at radius 1 is 1.28 bits per heavy atom. The number of fused-ring (bicyclic) bond motifs is 1. The Bertz CT molecular complexity index is 502. The summed E-state index contributed by atoms with van der Waals surface area (Å²) in [6.07, 6.45) is 0. The second kappa shape index (κ2) is 6.44. The third-order valence-electron chi connectivity index (χ3n) is 2.82. The molecule has 96 valence electrons. The van der Waals surface area contributed by atoms with Crippen LogP contribution in [-0.4, -0.2) is 36.5 Å². The molecule has 4 heteroatoms. The van der Waals surface area contributed by atoms with Gasteiger partial charge in [-0.1, -0.05) is 24.3 Å². The third-order valence-corrected chi connectivity index (χ3v) is 2.82. The van der Waals surface area contributed by atoms with Crippen LogP contribution in [0.1, 0.15) is 5.69 Å². The van der Waals surface area contributed by atoms with Gasteiger partial charge < -0.3 is 15.2 Å². The quantitative estimate of drug-likeness (QED) is 0.807. The van der Waals surface area contributed by atoms with E-state index in [-0.39, 0.29) is 12.6 Å². The van der Waals surface area contributed by atoms with Gasteiger partial charge in [-0.15, -0.1) is 0 Å². The number of methoxy groups -OCH3 is 1. The molecule has 0 aliphatic carbocycles. The van der Waals surface area contributed by atoms with Crippen molar-refractivity contribution in [2.24, 2.45) is 0 Å². The van der Waals surface area contributed by atoms with Crippen molar-refractivity contribution in [3.63, 3.8) is 0 Å². The first-order chi connectivity index (χ1) is 8.83. The number of hydrogen-bond acceptors (Lipinski definition) is 4. The van der Waals surface area contributed by atoms with Crippen LogP contribution in [0.2, 0.25) is 0 Å². The molecule has 1 aromatic carbocycles. The van der Waals surface area contributed by atoms with Crippen molar-refractivity contribution in [3.05, 3.63) is 42.1 Å². The lowest BCUT2D eigenvalue weighted by molar-refractivity contribution is 0.128. The standard InChI is InChI=1S/C14H18N2O2/c1-18-10-13(9-17)15-8-12-7-6-11-4-2-3-5-14(11)16-12/h2-7,13,15,17H,8-10H2,1H3. The zero-order valence-corrected chi connectivity index (χ0v) is 10.5. The first-order valence-electron chi connectivity index (χ1n) is 6.01. The van der Waals surface area contributed by atoms with E-state index in [0.717, 1.165) is 16.6 Å². The van der Waals surface area contributed by atoms with Crippen LogP contribution in [0, 0.1) is 0 Å². The minimum Gasteiger partial charge on any atom is -0.395 e. The van der Waals surface area contributed by atoms with Crippen molar-refractivity contribution >= 4 is 10.9 Å². The van der Waals surface area contributed by atoms with E-state index in [1.165, 1.54) is 0 Å². The fourth-order valence-electron chi connectivity index (χ4n) is 1.83. The van der Waals surface area contributed by atoms with E-state index in [1.54, 1.807) is 7.11 Å². The van der Waals surface area contributed by atoms with Gasteiger partial charge in [0.1, 0.15) is 0 Å². The number of pyridine rings is 1. The Morgan fingerprint density at radius 2 is 2.11 bits per heavy atom. The fourth-order valence-corrected chi connectivity index (χ4v) is 1.83. The fraction of sp³-hybridized carbons (Fsp3) is 0.357. The molecule has 0 aliphatic heterocycles. The summed E-state index contributed by atoms with van der Waals surface area (Å²) in [4.78, 5) is 4.56. The summed E-state index contributed by atoms with van der Waals surface area (Å²) >= 11 is 0. The molecule has 1 aromatic heterocycles. The summed E-state index contributed by atoms with van der Waals surface area (Å²) in [5.41, 5.74) is 1.95. The van der Waals surface area contributed by atoms with Gasteiger partial charge in [0.05, 0.1) is 30.5 Å². The summed E-state index contributed by atoms with van der Waals surface area (Å²) < 4.78 is 5.01. The van der Waals surface area contributed by atoms with Crippen LogP contribution in [0.25, 0.3) is 10.9 Å². The zero-order chi connectivity index (χ0) is 12.8. The Labute approximate surface area is 107 Å². The second-order valence-corrected chi connectivity index (χ2v) is 4.21. The topological polar surface area (TPSA) is 54.4 Å². The summed E-state index contributed by atoms with van der Waals surface area (Å²) in [6, 6.07) is 12.0. The molecule has 0 spiro atoms. The molecule has 0 saturated carbocycles. The highest BCUT2D eigenvalue weighted by atomic mass is 16.5. The molecule has 0 radical (unpaired) electrons. The number of ether oxygens (including phenoxy) is 1. The lowest BCUT2D eigenvalue weighted by atomic mass is 10.2. The molecule has 0 saturated heterocycles.